The molecule has 0 saturated carbocycles. The van der Waals surface area contributed by atoms with E-state index in [9.17, 15) is 14.4 Å². The molecule has 0 radical (unpaired) electrons. The number of nitrogen functional groups attached to an aromatic ring is 1. The van der Waals surface area contributed by atoms with E-state index in [4.69, 9.17) is 20.9 Å². The molecule has 1 aliphatic rings. The van der Waals surface area contributed by atoms with Gasteiger partial charge in [-0.25, -0.2) is 0 Å². The monoisotopic (exact) mass is 566 g/mol. The van der Waals surface area contributed by atoms with Crippen LogP contribution in [0.3, 0.4) is 0 Å². The minimum Gasteiger partial charge on any atom is -0.494 e. The minimum atomic E-state index is -1.08. The Morgan fingerprint density at radius 3 is 2.35 bits per heavy atom. The molecule has 212 valence electrons. The van der Waals surface area contributed by atoms with Gasteiger partial charge in [0.2, 0.25) is 5.91 Å². The molecule has 0 unspecified atom stereocenters. The number of nitrogens with two attached hydrogens (primary N) is 2. The van der Waals surface area contributed by atoms with Gasteiger partial charge < -0.3 is 31.2 Å². The zero-order chi connectivity index (χ0) is 28.8. The fourth-order valence-electron chi connectivity index (χ4n) is 4.48. The van der Waals surface area contributed by atoms with Crippen LogP contribution >= 0.6 is 11.5 Å². The fourth-order valence-corrected chi connectivity index (χ4v) is 5.22. The van der Waals surface area contributed by atoms with Gasteiger partial charge in [0.05, 0.1) is 18.4 Å². The molecule has 2 atom stereocenters. The van der Waals surface area contributed by atoms with Crippen LogP contribution in [0.4, 0.5) is 17.1 Å². The Labute approximate surface area is 237 Å². The second-order valence-corrected chi connectivity index (χ2v) is 10.3. The summed E-state index contributed by atoms with van der Waals surface area (Å²) in [5.74, 6) is -1.22. The number of carbonyl (C=O) groups excluding carboxylic acids is 3. The number of rotatable bonds is 11. The third-order valence-corrected chi connectivity index (χ3v) is 7.41. The van der Waals surface area contributed by atoms with Gasteiger partial charge >= 0.3 is 0 Å². The number of carbonyl (C=O) groups is 3. The lowest BCUT2D eigenvalue weighted by Gasteiger charge is -2.32. The molecule has 0 aliphatic carbocycles. The number of nitrogens with zero attached hydrogens (tertiary/aromatic N) is 3. The average molecular weight is 567 g/mol. The van der Waals surface area contributed by atoms with Crippen molar-refractivity contribution in [1.29, 1.82) is 0 Å². The molecule has 3 amide bonds. The quantitative estimate of drug-likeness (QED) is 0.320. The largest absolute Gasteiger partial charge is 0.494 e. The average Bonchev–Trinajstić information content (AvgIpc) is 3.60. The highest BCUT2D eigenvalue weighted by Gasteiger charge is 2.36. The van der Waals surface area contributed by atoms with E-state index < -0.39 is 23.8 Å². The maximum atomic E-state index is 14.2. The van der Waals surface area contributed by atoms with Gasteiger partial charge in [-0.2, -0.15) is 4.37 Å². The van der Waals surface area contributed by atoms with E-state index in [-0.39, 0.29) is 22.4 Å². The van der Waals surface area contributed by atoms with E-state index in [0.717, 1.165) is 30.1 Å². The van der Waals surface area contributed by atoms with Gasteiger partial charge in [-0.3, -0.25) is 19.3 Å². The zero-order valence-electron chi connectivity index (χ0n) is 22.8. The molecule has 2 aromatic carbocycles. The van der Waals surface area contributed by atoms with Gasteiger partial charge in [-0.15, -0.1) is 0 Å². The highest BCUT2D eigenvalue weighted by molar-refractivity contribution is 7.09. The van der Waals surface area contributed by atoms with E-state index in [0.29, 0.717) is 36.8 Å². The summed E-state index contributed by atoms with van der Waals surface area (Å²) in [7, 11) is 3.83. The third kappa shape index (κ3) is 6.35. The number of hydrogen-bond acceptors (Lipinski definition) is 9. The Bertz CT molecular complexity index is 1340. The van der Waals surface area contributed by atoms with Crippen molar-refractivity contribution in [2.45, 2.75) is 31.9 Å². The number of anilines is 3. The SMILES string of the molecule is CCOc1ccc(N(C(=O)c2snc(C(N)=O)c2N)[C@H](C(=O)NC[C@@H]2CCCO2)c2ccc(N(C)C)cc2)cc1. The van der Waals surface area contributed by atoms with Crippen LogP contribution in [0.2, 0.25) is 0 Å². The first-order valence-corrected chi connectivity index (χ1v) is 13.8. The maximum absolute atomic E-state index is 14.2. The lowest BCUT2D eigenvalue weighted by atomic mass is 10.0. The number of amides is 3. The Balaban J connectivity index is 1.81. The minimum absolute atomic E-state index is 0.00419. The smallest absolute Gasteiger partial charge is 0.273 e. The Kier molecular flexibility index (Phi) is 9.22. The highest BCUT2D eigenvalue weighted by atomic mass is 32.1. The summed E-state index contributed by atoms with van der Waals surface area (Å²) in [6.45, 7) is 3.31. The predicted molar refractivity (Wildman–Crippen MR) is 155 cm³/mol. The Morgan fingerprint density at radius 2 is 1.80 bits per heavy atom. The molecule has 4 rings (SSSR count). The van der Waals surface area contributed by atoms with E-state index in [1.807, 2.05) is 50.2 Å². The van der Waals surface area contributed by atoms with Crippen LogP contribution in [0.1, 0.15) is 51.5 Å². The topological polar surface area (TPSA) is 153 Å². The maximum Gasteiger partial charge on any atom is 0.273 e. The van der Waals surface area contributed by atoms with Crippen molar-refractivity contribution in [1.82, 2.24) is 9.69 Å². The summed E-state index contributed by atoms with van der Waals surface area (Å²) in [4.78, 5) is 43.2. The van der Waals surface area contributed by atoms with Crippen LogP contribution in [0.15, 0.2) is 48.5 Å². The third-order valence-electron chi connectivity index (χ3n) is 6.56. The van der Waals surface area contributed by atoms with Crippen molar-refractivity contribution in [3.8, 4) is 5.75 Å². The molecule has 11 nitrogen and oxygen atoms in total. The molecule has 1 fully saturated rings. The molecule has 0 spiro atoms. The van der Waals surface area contributed by atoms with E-state index in [2.05, 4.69) is 9.69 Å². The van der Waals surface area contributed by atoms with Crippen molar-refractivity contribution in [2.75, 3.05) is 49.4 Å². The summed E-state index contributed by atoms with van der Waals surface area (Å²) in [6.07, 6.45) is 1.68. The molecule has 0 bridgehead atoms. The van der Waals surface area contributed by atoms with E-state index in [1.165, 1.54) is 4.90 Å². The van der Waals surface area contributed by atoms with Crippen LogP contribution in [0.25, 0.3) is 0 Å². The first-order chi connectivity index (χ1) is 19.2. The molecule has 40 heavy (non-hydrogen) atoms. The van der Waals surface area contributed by atoms with Crippen molar-refractivity contribution in [2.24, 2.45) is 5.73 Å². The molecule has 1 aromatic heterocycles. The van der Waals surface area contributed by atoms with Gasteiger partial charge in [0.25, 0.3) is 11.8 Å². The zero-order valence-corrected chi connectivity index (χ0v) is 23.6. The van der Waals surface area contributed by atoms with Crippen molar-refractivity contribution < 1.29 is 23.9 Å². The molecular weight excluding hydrogens is 532 g/mol. The van der Waals surface area contributed by atoms with Crippen LogP contribution in [-0.4, -0.2) is 62.1 Å². The number of primary amides is 1. The van der Waals surface area contributed by atoms with Crippen LogP contribution in [0.5, 0.6) is 5.75 Å². The van der Waals surface area contributed by atoms with Gasteiger partial charge in [0.1, 0.15) is 16.7 Å². The number of aromatic nitrogens is 1. The number of ether oxygens (including phenoxy) is 2. The second-order valence-electron chi connectivity index (χ2n) is 9.51. The molecule has 1 aliphatic heterocycles. The lowest BCUT2D eigenvalue weighted by Crippen LogP contribution is -2.45. The van der Waals surface area contributed by atoms with Crippen molar-refractivity contribution in [3.05, 3.63) is 64.7 Å². The number of hydrogen-bond donors (Lipinski definition) is 3. The normalized spacial score (nSPS) is 15.3. The van der Waals surface area contributed by atoms with Crippen LogP contribution in [-0.2, 0) is 9.53 Å². The second kappa shape index (κ2) is 12.8. The predicted octanol–water partition coefficient (Wildman–Crippen LogP) is 2.97. The van der Waals surface area contributed by atoms with E-state index in [1.54, 1.807) is 24.3 Å². The number of benzene rings is 2. The van der Waals surface area contributed by atoms with Crippen LogP contribution < -0.4 is 31.3 Å². The first kappa shape index (κ1) is 28.8. The molecule has 3 aromatic rings. The highest BCUT2D eigenvalue weighted by Crippen LogP contribution is 2.34. The molecule has 2 heterocycles. The molecule has 5 N–H and O–H groups in total. The van der Waals surface area contributed by atoms with Crippen LogP contribution in [0, 0.1) is 0 Å². The summed E-state index contributed by atoms with van der Waals surface area (Å²) in [5.41, 5.74) is 13.2. The van der Waals surface area contributed by atoms with Gasteiger partial charge in [0.15, 0.2) is 5.69 Å². The van der Waals surface area contributed by atoms with Gasteiger partial charge in [-0.1, -0.05) is 12.1 Å². The summed E-state index contributed by atoms with van der Waals surface area (Å²) in [5, 5.41) is 2.98. The van der Waals surface area contributed by atoms with Gasteiger partial charge in [-0.05, 0) is 73.3 Å². The first-order valence-electron chi connectivity index (χ1n) is 13.0. The standard InChI is InChI=1S/C28H34N6O5S/c1-4-38-20-13-11-19(12-14-20)34(28(37)25-22(29)23(26(30)35)32-40-25)24(17-7-9-18(10-8-17)33(2)3)27(36)31-16-21-6-5-15-39-21/h7-14,21,24H,4-6,15-16,29H2,1-3H3,(H2,30,35)(H,31,36)/t21-,24-/m0/s1. The van der Waals surface area contributed by atoms with E-state index >= 15 is 0 Å². The molecule has 1 saturated heterocycles. The Hall–Kier alpha value is -4.16. The lowest BCUT2D eigenvalue weighted by molar-refractivity contribution is -0.123. The van der Waals surface area contributed by atoms with Crippen molar-refractivity contribution in [3.63, 3.8) is 0 Å². The summed E-state index contributed by atoms with van der Waals surface area (Å²) >= 11 is 0.761. The number of nitrogens with one attached hydrogen (secondary N) is 1. The summed E-state index contributed by atoms with van der Waals surface area (Å²) < 4.78 is 15.3. The van der Waals surface area contributed by atoms with Crippen molar-refractivity contribution >= 4 is 46.3 Å². The molecular formula is C28H34N6O5S. The molecule has 12 heteroatoms. The van der Waals surface area contributed by atoms with Gasteiger partial charge in [0, 0.05) is 38.6 Å². The summed E-state index contributed by atoms with van der Waals surface area (Å²) in [6, 6.07) is 13.1. The Morgan fingerprint density at radius 1 is 1.12 bits per heavy atom. The fraction of sp³-hybridized carbons (Fsp3) is 0.357.